The molecule has 2 fully saturated rings. The van der Waals surface area contributed by atoms with E-state index in [1.54, 1.807) is 19.9 Å². The van der Waals surface area contributed by atoms with Gasteiger partial charge in [0.05, 0.1) is 16.4 Å². The normalized spacial score (nSPS) is 15.8. The molecule has 10 nitrogen and oxygen atoms in total. The van der Waals surface area contributed by atoms with Gasteiger partial charge in [-0.05, 0) is 82.9 Å². The van der Waals surface area contributed by atoms with Crippen molar-refractivity contribution in [3.63, 3.8) is 0 Å². The van der Waals surface area contributed by atoms with Crippen LogP contribution in [0.5, 0.6) is 11.6 Å². The molecule has 2 aliphatic heterocycles. The van der Waals surface area contributed by atoms with E-state index < -0.39 is 11.6 Å². The van der Waals surface area contributed by atoms with Gasteiger partial charge in [-0.15, -0.1) is 0 Å². The first-order valence-corrected chi connectivity index (χ1v) is 17.6. The highest BCUT2D eigenvalue weighted by Gasteiger charge is 2.19. The van der Waals surface area contributed by atoms with Crippen LogP contribution in [0.3, 0.4) is 0 Å². The number of hydrogen-bond acceptors (Lipinski definition) is 8. The third-order valence-electron chi connectivity index (χ3n) is 9.18. The van der Waals surface area contributed by atoms with Gasteiger partial charge >= 0.3 is 0 Å². The first kappa shape index (κ1) is 38.4. The van der Waals surface area contributed by atoms with Crippen molar-refractivity contribution < 1.29 is 17.9 Å². The lowest BCUT2D eigenvalue weighted by Crippen LogP contribution is -2.44. The Bertz CT molecular complexity index is 2040. The summed E-state index contributed by atoms with van der Waals surface area (Å²) in [6.45, 7) is 22.8. The van der Waals surface area contributed by atoms with Crippen LogP contribution in [0, 0.1) is 32.4 Å². The highest BCUT2D eigenvalue weighted by molar-refractivity contribution is 5.83. The van der Waals surface area contributed by atoms with Crippen molar-refractivity contribution in [2.75, 3.05) is 76.2 Å². The molecule has 7 rings (SSSR count). The molecule has 2 saturated heterocycles. The van der Waals surface area contributed by atoms with Gasteiger partial charge in [0.2, 0.25) is 5.88 Å². The number of H-pyrrole nitrogens is 2. The maximum Gasteiger partial charge on any atom is 0.227 e. The van der Waals surface area contributed by atoms with Crippen molar-refractivity contribution in [1.29, 1.82) is 0 Å². The number of aryl methyl sites for hydroxylation is 2. The zero-order valence-corrected chi connectivity index (χ0v) is 31.0. The lowest BCUT2D eigenvalue weighted by atomic mass is 10.2. The maximum atomic E-state index is 15.0. The summed E-state index contributed by atoms with van der Waals surface area (Å²) in [4.78, 5) is 21.3. The Balaban J connectivity index is 0.000000236. The monoisotopic (exact) mass is 717 g/mol. The number of anilines is 3. The molecule has 0 bridgehead atoms. The molecular weight excluding hydrogens is 667 g/mol. The van der Waals surface area contributed by atoms with Gasteiger partial charge in [0.25, 0.3) is 0 Å². The van der Waals surface area contributed by atoms with Crippen LogP contribution in [0.25, 0.3) is 23.3 Å². The van der Waals surface area contributed by atoms with Crippen LogP contribution in [-0.4, -0.2) is 95.7 Å². The zero-order valence-electron chi connectivity index (χ0n) is 31.0. The fraction of sp³-hybridized carbons (Fsp3) is 0.385. The molecule has 2 aromatic carbocycles. The fourth-order valence-corrected chi connectivity index (χ4v) is 6.11. The highest BCUT2D eigenvalue weighted by atomic mass is 19.1. The molecule has 2 aliphatic rings. The van der Waals surface area contributed by atoms with Gasteiger partial charge in [-0.1, -0.05) is 13.5 Å². The Morgan fingerprint density at radius 1 is 0.923 bits per heavy atom. The number of ether oxygens (including phenoxy) is 1. The van der Waals surface area contributed by atoms with Gasteiger partial charge in [0.15, 0.2) is 17.4 Å². The number of piperazine rings is 2. The van der Waals surface area contributed by atoms with E-state index in [-0.39, 0.29) is 28.4 Å². The summed E-state index contributed by atoms with van der Waals surface area (Å²) >= 11 is 0. The molecule has 0 unspecified atom stereocenters. The number of aromatic nitrogens is 4. The lowest BCUT2D eigenvalue weighted by Gasteiger charge is -2.34. The van der Waals surface area contributed by atoms with Crippen molar-refractivity contribution in [3.8, 4) is 11.6 Å². The molecule has 0 radical (unpaired) electrons. The zero-order chi connectivity index (χ0) is 37.4. The molecule has 0 aliphatic carbocycles. The number of hydrogen-bond donors (Lipinski definition) is 4. The minimum absolute atomic E-state index is 0.115. The van der Waals surface area contributed by atoms with Crippen LogP contribution in [0.15, 0.2) is 48.8 Å². The predicted molar refractivity (Wildman–Crippen MR) is 205 cm³/mol. The van der Waals surface area contributed by atoms with Gasteiger partial charge in [0, 0.05) is 86.6 Å². The highest BCUT2D eigenvalue weighted by Crippen LogP contribution is 2.34. The number of likely N-dealkylation sites (N-methyl/N-ethyl adjacent to an activating group) is 2. The molecular formula is C39H50F3N9O. The van der Waals surface area contributed by atoms with Crippen LogP contribution >= 0.6 is 0 Å². The summed E-state index contributed by atoms with van der Waals surface area (Å²) in [5.74, 6) is -1.00. The van der Waals surface area contributed by atoms with E-state index in [0.29, 0.717) is 22.4 Å². The third-order valence-corrected chi connectivity index (χ3v) is 9.18. The van der Waals surface area contributed by atoms with E-state index in [2.05, 4.69) is 78.0 Å². The van der Waals surface area contributed by atoms with Gasteiger partial charge in [-0.25, -0.2) is 23.1 Å². The number of rotatable bonds is 6. The second-order valence-corrected chi connectivity index (χ2v) is 13.2. The topological polar surface area (TPSA) is 100 Å². The third kappa shape index (κ3) is 9.72. The Labute approximate surface area is 303 Å². The fourth-order valence-electron chi connectivity index (χ4n) is 6.11. The molecule has 3 aromatic heterocycles. The van der Waals surface area contributed by atoms with E-state index in [0.717, 1.165) is 48.8 Å². The van der Waals surface area contributed by atoms with Crippen molar-refractivity contribution in [3.05, 3.63) is 87.9 Å². The van der Waals surface area contributed by atoms with E-state index in [1.165, 1.54) is 51.7 Å². The Morgan fingerprint density at radius 3 is 2.17 bits per heavy atom. The number of nitrogens with one attached hydrogen (secondary N) is 4. The van der Waals surface area contributed by atoms with Crippen LogP contribution < -0.4 is 30.8 Å². The Morgan fingerprint density at radius 2 is 1.60 bits per heavy atom. The number of nitrogens with zero attached hydrogens (tertiary/aromatic N) is 5. The van der Waals surface area contributed by atoms with E-state index in [9.17, 15) is 13.2 Å². The molecule has 0 spiro atoms. The van der Waals surface area contributed by atoms with Gasteiger partial charge in [0.1, 0.15) is 18.0 Å². The van der Waals surface area contributed by atoms with Gasteiger partial charge in [-0.2, -0.15) is 0 Å². The molecule has 0 atom stereocenters. The van der Waals surface area contributed by atoms with Crippen LogP contribution in [0.2, 0.25) is 0 Å². The predicted octanol–water partition coefficient (Wildman–Crippen LogP) is 5.88. The van der Waals surface area contributed by atoms with Gasteiger partial charge < -0.3 is 40.0 Å². The average Bonchev–Trinajstić information content (AvgIpc) is 3.71. The summed E-state index contributed by atoms with van der Waals surface area (Å²) in [5.41, 5.74) is 4.33. The minimum atomic E-state index is -0.646. The van der Waals surface area contributed by atoms with Crippen LogP contribution in [-0.2, 0) is 0 Å². The number of fused-ring (bicyclic) bond motifs is 1. The minimum Gasteiger partial charge on any atom is -0.435 e. The van der Waals surface area contributed by atoms with Crippen molar-refractivity contribution in [2.24, 2.45) is 0 Å². The SMILES string of the molecule is C=c1cc(C)[nH]/c1=C(/C)F.CCN1CCNCC1.Cc1cc2c(F)c(Oc3ncnc(Nc4ccc(N5CCN(C)CC5)cc4)c3C)cc(F)c2[nH]1. The molecule has 5 heterocycles. The summed E-state index contributed by atoms with van der Waals surface area (Å²) in [5, 5.41) is 7.94. The summed E-state index contributed by atoms with van der Waals surface area (Å²) in [7, 11) is 2.14. The van der Waals surface area contributed by atoms with Gasteiger partial charge in [-0.3, -0.25) is 0 Å². The molecule has 52 heavy (non-hydrogen) atoms. The number of halogens is 3. The first-order valence-electron chi connectivity index (χ1n) is 17.6. The standard InChI is InChI=1S/C25H26F2N6O.C8H10FN.C6H14N2/c1-15-12-19-22(27)21(13-20(26)23(19)30-15)34-25-16(2)24(28-14-29-25)31-17-4-6-18(7-5-17)33-10-8-32(3)9-11-33;1-5-4-6(2)10-8(5)7(3)9;1-2-8-5-3-7-4-6-8/h4-7,12-14,30H,8-11H2,1-3H3,(H,28,29,31);4,10H,1H2,2-3H3;7H,2-6H2,1H3/b;8-7-;. The molecule has 278 valence electrons. The second kappa shape index (κ2) is 17.6. The molecule has 0 amide bonds. The smallest absolute Gasteiger partial charge is 0.227 e. The quantitative estimate of drug-likeness (QED) is 0.173. The molecule has 0 saturated carbocycles. The van der Waals surface area contributed by atoms with Crippen molar-refractivity contribution in [2.45, 2.75) is 34.6 Å². The summed E-state index contributed by atoms with van der Waals surface area (Å²) < 4.78 is 47.7. The van der Waals surface area contributed by atoms with E-state index in [1.807, 2.05) is 25.1 Å². The average molecular weight is 718 g/mol. The van der Waals surface area contributed by atoms with E-state index in [4.69, 9.17) is 4.74 Å². The molecule has 5 aromatic rings. The van der Waals surface area contributed by atoms with Crippen LogP contribution in [0.4, 0.5) is 30.4 Å². The lowest BCUT2D eigenvalue weighted by molar-refractivity contribution is 0.253. The first-order chi connectivity index (χ1) is 24.9. The number of benzene rings is 2. The molecule has 13 heteroatoms. The Hall–Kier alpha value is -4.85. The van der Waals surface area contributed by atoms with Crippen molar-refractivity contribution >= 4 is 40.5 Å². The summed E-state index contributed by atoms with van der Waals surface area (Å²) in [6, 6.07) is 12.5. The van der Waals surface area contributed by atoms with Crippen LogP contribution in [0.1, 0.15) is 30.8 Å². The Kier molecular flexibility index (Phi) is 13.0. The molecule has 4 N–H and O–H groups in total. The number of aromatic amines is 2. The second-order valence-electron chi connectivity index (χ2n) is 13.2. The van der Waals surface area contributed by atoms with Crippen molar-refractivity contribution in [1.82, 2.24) is 35.1 Å². The largest absolute Gasteiger partial charge is 0.435 e. The maximum absolute atomic E-state index is 15.0. The van der Waals surface area contributed by atoms with E-state index >= 15 is 0 Å². The summed E-state index contributed by atoms with van der Waals surface area (Å²) in [6.07, 6.45) is 1.33.